The molecule has 1 unspecified atom stereocenters. The van der Waals surface area contributed by atoms with Crippen LogP contribution in [0.4, 0.5) is 5.69 Å². The fourth-order valence-corrected chi connectivity index (χ4v) is 21.5. The van der Waals surface area contributed by atoms with E-state index in [9.17, 15) is 48.3 Å². The molecule has 0 spiro atoms. The number of ketones is 1. The Bertz CT molecular complexity index is 4220. The highest BCUT2D eigenvalue weighted by molar-refractivity contribution is 6.01. The second kappa shape index (κ2) is 50.7. The van der Waals surface area contributed by atoms with Gasteiger partial charge in [0, 0.05) is 56.7 Å². The fraction of sp³-hybridized carbons (Fsp3) is 0.745. The molecule has 34 heteroatoms. The highest BCUT2D eigenvalue weighted by Crippen LogP contribution is 2.60. The zero-order valence-corrected chi connectivity index (χ0v) is 80.7. The predicted molar refractivity (Wildman–Crippen MR) is 497 cm³/mol. The molecule has 3 saturated carbocycles. The van der Waals surface area contributed by atoms with Gasteiger partial charge in [-0.25, -0.2) is 0 Å². The molecule has 2 aromatic carbocycles. The molecule has 7 aliphatic carbocycles. The number of nitrogens with zero attached hydrogens (tertiary/aromatic N) is 3. The number of carbonyl (C=O) groups is 9. The van der Waals surface area contributed by atoms with Crippen LogP contribution in [-0.2, 0) is 114 Å². The van der Waals surface area contributed by atoms with Crippen molar-refractivity contribution in [3.8, 4) is 5.75 Å². The van der Waals surface area contributed by atoms with Gasteiger partial charge in [0.15, 0.2) is 5.78 Å². The van der Waals surface area contributed by atoms with Crippen LogP contribution in [0, 0.1) is 46.3 Å². The number of aromatic hydroxyl groups is 1. The number of aryl methyl sites for hydroxylation is 2. The molecule has 12 N–H and O–H groups in total. The molecule has 0 saturated heterocycles. The molecule has 2 aromatic rings. The van der Waals surface area contributed by atoms with Crippen LogP contribution < -0.4 is 59.1 Å². The van der Waals surface area contributed by atoms with E-state index in [0.29, 0.717) is 155 Å². The number of unbranched alkanes of at least 4 members (excludes halogenated alkanes) is 1. The summed E-state index contributed by atoms with van der Waals surface area (Å²) in [5, 5.41) is 35.4. The lowest BCUT2D eigenvalue weighted by molar-refractivity contribution is -0.869. The number of carbonyl (C=O) groups excluding carboxylic acids is 9. The average molecular weight is 1850 g/mol. The van der Waals surface area contributed by atoms with E-state index in [1.54, 1.807) is 13.0 Å². The first-order chi connectivity index (χ1) is 63.4. The lowest BCUT2D eigenvalue weighted by atomic mass is 9.49. The minimum Gasteiger partial charge on any atom is -0.508 e. The standard InChI is InChI=1S/C98H156N14O20/c1-66(2)88(80(114)61-67(3)91(119)102-70-26-22-68-24-32-82-95(4,74(68)62-70)36-17-38-97(82,6)93(121)105-94(122)98(7)39-18-37-96(5)75-63-71(113)27-23-69(75)25-33-83(96)98)104-92(120)77(103-85(116)35-46-124-50-54-128-57-59-129-55-51-125-47-42-101-87(118)65-132-90-72-28-30-76-78(31-29-73(72)90)110(8)108-106-76)19-15-16-40-99-86(117)64-131-81-21-14-12-13-20-79-89(81)107-109-111(79)43-48-126-52-56-130-60-58-127-53-49-123-45-34-84(115)100-41-44-112(9,10)11/h22-23,26-27,62-63,66-67,72-73,77,81-83,88,90,106-109H,12-21,24-25,28-61,64-65H2,1-11H3,(H7-,99,100,101,102,103,104,105,113,115,116,117,118,119,120,121,122)/p+1/t67-,72+,73-,77-,81?,82-,83-,88+,90+,95-,96-,97+,98+/m1/s1. The number of allylic oxidation sites excluding steroid dienone is 3. The Labute approximate surface area is 781 Å². The van der Waals surface area contributed by atoms with Crippen molar-refractivity contribution >= 4 is 58.7 Å². The normalized spacial score (nSPS) is 25.0. The molecule has 0 radical (unpaired) electrons. The number of hydrogen-bond donors (Lipinski definition) is 12. The van der Waals surface area contributed by atoms with Crippen molar-refractivity contribution in [2.75, 3.05) is 185 Å². The molecule has 2 heterocycles. The number of rotatable bonds is 55. The van der Waals surface area contributed by atoms with Gasteiger partial charge < -0.3 is 99.7 Å². The zero-order valence-electron chi connectivity index (χ0n) is 80.7. The highest BCUT2D eigenvalue weighted by atomic mass is 16.6. The third kappa shape index (κ3) is 29.5. The molecule has 11 rings (SSSR count). The largest absolute Gasteiger partial charge is 0.508 e. The molecule has 0 aromatic heterocycles. The first-order valence-corrected chi connectivity index (χ1v) is 49.1. The quantitative estimate of drug-likeness (QED) is 0.0175. The Kier molecular flexibility index (Phi) is 40.2. The van der Waals surface area contributed by atoms with Crippen LogP contribution in [0.1, 0.15) is 218 Å². The molecule has 738 valence electrons. The zero-order chi connectivity index (χ0) is 94.4. The van der Waals surface area contributed by atoms with Crippen molar-refractivity contribution in [1.29, 1.82) is 0 Å². The molecular weight excluding hydrogens is 1690 g/mol. The van der Waals surface area contributed by atoms with E-state index in [1.807, 2.05) is 75.1 Å². The van der Waals surface area contributed by atoms with Crippen LogP contribution in [0.15, 0.2) is 59.2 Å². The summed E-state index contributed by atoms with van der Waals surface area (Å²) in [7, 11) is 8.27. The number of hydrazine groups is 4. The Morgan fingerprint density at radius 3 is 1.69 bits per heavy atom. The smallest absolute Gasteiger partial charge is 0.246 e. The van der Waals surface area contributed by atoms with Gasteiger partial charge in [-0.3, -0.25) is 58.5 Å². The van der Waals surface area contributed by atoms with Crippen LogP contribution in [0.3, 0.4) is 0 Å². The molecule has 34 nitrogen and oxygen atoms in total. The summed E-state index contributed by atoms with van der Waals surface area (Å²) in [6.45, 7) is 21.7. The molecule has 9 aliphatic rings. The number of benzene rings is 2. The molecule has 13 atom stereocenters. The average Bonchev–Trinajstić information content (AvgIpc) is 0.934. The fourth-order valence-electron chi connectivity index (χ4n) is 21.5. The molecule has 2 aliphatic heterocycles. The van der Waals surface area contributed by atoms with Gasteiger partial charge >= 0.3 is 0 Å². The minimum absolute atomic E-state index is 0.0122. The summed E-state index contributed by atoms with van der Waals surface area (Å²) in [5.41, 5.74) is 20.2. The maximum absolute atomic E-state index is 15.0. The van der Waals surface area contributed by atoms with Crippen LogP contribution in [0.25, 0.3) is 0 Å². The van der Waals surface area contributed by atoms with E-state index in [-0.39, 0.29) is 135 Å². The van der Waals surface area contributed by atoms with Crippen LogP contribution in [0.5, 0.6) is 5.75 Å². The lowest BCUT2D eigenvalue weighted by Crippen LogP contribution is -2.60. The summed E-state index contributed by atoms with van der Waals surface area (Å²) in [5.74, 6) is -2.82. The van der Waals surface area contributed by atoms with Crippen molar-refractivity contribution in [3.05, 3.63) is 81.4 Å². The van der Waals surface area contributed by atoms with E-state index < -0.39 is 52.0 Å². The number of Topliss-reactive ketones (excluding diaryl/α,β-unsaturated/α-hetero) is 1. The van der Waals surface area contributed by atoms with E-state index >= 15 is 0 Å². The van der Waals surface area contributed by atoms with Crippen LogP contribution in [-0.4, -0.2) is 277 Å². The van der Waals surface area contributed by atoms with E-state index in [0.717, 1.165) is 148 Å². The Hall–Kier alpha value is -7.97. The van der Waals surface area contributed by atoms with Crippen LogP contribution >= 0.6 is 0 Å². The van der Waals surface area contributed by atoms with Crippen LogP contribution in [0.2, 0.25) is 0 Å². The Morgan fingerprint density at radius 2 is 1.08 bits per heavy atom. The summed E-state index contributed by atoms with van der Waals surface area (Å²) in [6.07, 6.45) is 17.1. The van der Waals surface area contributed by atoms with Crippen molar-refractivity contribution < 1.29 is 100 Å². The van der Waals surface area contributed by atoms with Gasteiger partial charge in [0.25, 0.3) is 0 Å². The number of fused-ring (bicyclic) bond motifs is 7. The lowest BCUT2D eigenvalue weighted by Gasteiger charge is -2.56. The third-order valence-corrected chi connectivity index (χ3v) is 29.0. The van der Waals surface area contributed by atoms with Crippen molar-refractivity contribution in [3.63, 3.8) is 0 Å². The molecule has 132 heavy (non-hydrogen) atoms. The minimum atomic E-state index is -1.07. The number of phenolic OH excluding ortho intramolecular Hbond substituents is 1. The maximum atomic E-state index is 15.0. The van der Waals surface area contributed by atoms with Gasteiger partial charge in [0.1, 0.15) is 31.1 Å². The van der Waals surface area contributed by atoms with Gasteiger partial charge in [0.2, 0.25) is 47.3 Å². The van der Waals surface area contributed by atoms with Gasteiger partial charge in [-0.05, 0) is 203 Å². The number of phenols is 1. The second-order valence-corrected chi connectivity index (χ2v) is 40.0. The summed E-state index contributed by atoms with van der Waals surface area (Å²) < 4.78 is 58.7. The molecule has 3 fully saturated rings. The summed E-state index contributed by atoms with van der Waals surface area (Å²) >= 11 is 0. The van der Waals surface area contributed by atoms with Gasteiger partial charge in [-0.2, -0.15) is 0 Å². The Balaban J connectivity index is 0.603. The SMILES string of the molecule is CC(C)[C@H](NC(=O)[C@@H](CCCCNC(=O)COC1CCCCCC2=C1NNN2CCOCCOCCOCCOCCC(=O)NCC[N+](C)(C)C)NC(=O)CCOCCOCCOCCOCCNC(=O)CO[C@@H]1[C@@H]2CCC3=C(CC[C@@H]21)NNN3C)C(=O)C[C@@H](C)C(=O)Nc1ccc2c(c1)[C@@]1(C)CCC[C@](C)(C(=O)NC(=O)[C@@]3(C)CCC[C@]4(C)c5cc(O)ccc5CC[C@@H]34)[C@@H]1CC2. The summed E-state index contributed by atoms with van der Waals surface area (Å²) in [4.78, 5) is 125. The highest BCUT2D eigenvalue weighted by Gasteiger charge is 2.59. The van der Waals surface area contributed by atoms with Gasteiger partial charge in [-0.15, -0.1) is 11.1 Å². The number of nitrogens with one attached hydrogen (secondary N) is 11. The predicted octanol–water partition coefficient (Wildman–Crippen LogP) is 7.31. The number of hydrogen-bond acceptors (Lipinski definition) is 26. The number of likely N-dealkylation sites (N-methyl/N-ethyl adjacent to an activating group) is 1. The Morgan fingerprint density at radius 1 is 0.523 bits per heavy atom. The van der Waals surface area contributed by atoms with E-state index in [1.165, 1.54) is 17.0 Å². The number of anilines is 1. The molecular formula is C98H157N14O20+. The van der Waals surface area contributed by atoms with Gasteiger partial charge in [-0.1, -0.05) is 86.3 Å². The number of quaternary nitrogens is 1. The number of amides is 8. The van der Waals surface area contributed by atoms with Crippen molar-refractivity contribution in [2.45, 2.75) is 244 Å². The molecule has 0 bridgehead atoms. The summed E-state index contributed by atoms with van der Waals surface area (Å²) in [6, 6.07) is 9.50. The third-order valence-electron chi connectivity index (χ3n) is 29.0. The van der Waals surface area contributed by atoms with E-state index in [4.69, 9.17) is 47.4 Å². The first-order valence-electron chi connectivity index (χ1n) is 49.1. The van der Waals surface area contributed by atoms with Gasteiger partial charge in [0.05, 0.1) is 187 Å². The maximum Gasteiger partial charge on any atom is 0.246 e. The molecule has 8 amide bonds. The van der Waals surface area contributed by atoms with E-state index in [2.05, 4.69) is 94.1 Å². The second-order valence-electron chi connectivity index (χ2n) is 40.0. The first kappa shape index (κ1) is 105. The number of imide groups is 1. The monoisotopic (exact) mass is 1850 g/mol. The topological polar surface area (TPSA) is 405 Å². The number of ether oxygens (including phenoxy) is 10. The van der Waals surface area contributed by atoms with Crippen molar-refractivity contribution in [1.82, 2.24) is 63.8 Å². The van der Waals surface area contributed by atoms with Crippen molar-refractivity contribution in [2.24, 2.45) is 46.3 Å².